The number of rotatable bonds is 5. The molecule has 1 aliphatic carbocycles. The Balaban J connectivity index is 1.57. The molecule has 0 bridgehead atoms. The van der Waals surface area contributed by atoms with E-state index in [1.165, 1.54) is 49.8 Å². The van der Waals surface area contributed by atoms with Crippen molar-refractivity contribution < 1.29 is 0 Å². The molecular weight excluding hydrogens is 244 g/mol. The fraction of sp³-hybridized carbons (Fsp3) is 0.667. The second-order valence-corrected chi connectivity index (χ2v) is 6.47. The first-order valence-corrected chi connectivity index (χ1v) is 8.39. The topological polar surface area (TPSA) is 15.3 Å². The van der Waals surface area contributed by atoms with Gasteiger partial charge in [0.2, 0.25) is 0 Å². The highest BCUT2D eigenvalue weighted by Crippen LogP contribution is 2.36. The van der Waals surface area contributed by atoms with Crippen LogP contribution in [0.25, 0.3) is 0 Å². The summed E-state index contributed by atoms with van der Waals surface area (Å²) in [6.45, 7) is 6.66. The van der Waals surface area contributed by atoms with Gasteiger partial charge < -0.3 is 5.32 Å². The maximum Gasteiger partial charge on any atom is 0.0236 e. The minimum atomic E-state index is 0.880. The third-order valence-corrected chi connectivity index (χ3v) is 5.11. The molecule has 3 rings (SSSR count). The maximum absolute atomic E-state index is 3.38. The molecule has 2 atom stereocenters. The first kappa shape index (κ1) is 14.1. The van der Waals surface area contributed by atoms with E-state index >= 15 is 0 Å². The lowest BCUT2D eigenvalue weighted by Crippen LogP contribution is -2.34. The molecule has 0 radical (unpaired) electrons. The summed E-state index contributed by atoms with van der Waals surface area (Å²) in [4.78, 5) is 2.74. The van der Waals surface area contributed by atoms with Gasteiger partial charge in [-0.2, -0.15) is 0 Å². The van der Waals surface area contributed by atoms with Gasteiger partial charge in [0.05, 0.1) is 0 Å². The lowest BCUT2D eigenvalue weighted by Gasteiger charge is -2.31. The van der Waals surface area contributed by atoms with Crippen molar-refractivity contribution in [2.45, 2.75) is 58.2 Å². The molecule has 2 heteroatoms. The minimum absolute atomic E-state index is 0.880. The van der Waals surface area contributed by atoms with Crippen LogP contribution < -0.4 is 5.32 Å². The average Bonchev–Trinajstić information content (AvgIpc) is 2.90. The summed E-state index contributed by atoms with van der Waals surface area (Å²) in [6, 6.07) is 10.1. The van der Waals surface area contributed by atoms with Gasteiger partial charge in [0.15, 0.2) is 0 Å². The van der Waals surface area contributed by atoms with Crippen molar-refractivity contribution >= 4 is 0 Å². The number of benzene rings is 1. The lowest BCUT2D eigenvalue weighted by atomic mass is 9.85. The van der Waals surface area contributed by atoms with Crippen molar-refractivity contribution in [3.63, 3.8) is 0 Å². The van der Waals surface area contributed by atoms with E-state index in [2.05, 4.69) is 41.4 Å². The number of nitrogens with zero attached hydrogens (tertiary/aromatic N) is 1. The van der Waals surface area contributed by atoms with E-state index in [-0.39, 0.29) is 0 Å². The standard InChI is InChI=1S/C18H28N2/c1-2-19-13-15-7-9-16(10-8-15)14-20-12-11-17-5-3-4-6-18(17)20/h7-10,17-19H,2-6,11-14H2,1H3. The van der Waals surface area contributed by atoms with Gasteiger partial charge >= 0.3 is 0 Å². The van der Waals surface area contributed by atoms with Gasteiger partial charge in [0.25, 0.3) is 0 Å². The van der Waals surface area contributed by atoms with Gasteiger partial charge in [0.1, 0.15) is 0 Å². The fourth-order valence-electron chi connectivity index (χ4n) is 3.97. The first-order chi connectivity index (χ1) is 9.86. The van der Waals surface area contributed by atoms with Crippen LogP contribution in [0.1, 0.15) is 50.2 Å². The second kappa shape index (κ2) is 6.73. The molecule has 0 spiro atoms. The highest BCUT2D eigenvalue weighted by Gasteiger charge is 2.35. The van der Waals surface area contributed by atoms with Crippen molar-refractivity contribution in [1.29, 1.82) is 0 Å². The molecule has 1 saturated heterocycles. The van der Waals surface area contributed by atoms with Crippen LogP contribution in [-0.2, 0) is 13.1 Å². The van der Waals surface area contributed by atoms with Crippen LogP contribution in [-0.4, -0.2) is 24.0 Å². The largest absolute Gasteiger partial charge is 0.313 e. The Morgan fingerprint density at radius 3 is 2.60 bits per heavy atom. The molecule has 2 fully saturated rings. The number of nitrogens with one attached hydrogen (secondary N) is 1. The zero-order valence-corrected chi connectivity index (χ0v) is 12.8. The van der Waals surface area contributed by atoms with Crippen LogP contribution >= 0.6 is 0 Å². The van der Waals surface area contributed by atoms with Gasteiger partial charge in [-0.3, -0.25) is 4.90 Å². The molecule has 1 aromatic rings. The van der Waals surface area contributed by atoms with E-state index in [0.717, 1.165) is 31.6 Å². The summed E-state index contributed by atoms with van der Waals surface area (Å²) in [7, 11) is 0. The predicted octanol–water partition coefficient (Wildman–Crippen LogP) is 3.56. The minimum Gasteiger partial charge on any atom is -0.313 e. The maximum atomic E-state index is 3.38. The summed E-state index contributed by atoms with van der Waals surface area (Å²) < 4.78 is 0. The fourth-order valence-corrected chi connectivity index (χ4v) is 3.97. The van der Waals surface area contributed by atoms with Gasteiger partial charge in [-0.05, 0) is 49.4 Å². The summed E-state index contributed by atoms with van der Waals surface area (Å²) in [5, 5.41) is 3.38. The Labute approximate surface area is 123 Å². The summed E-state index contributed by atoms with van der Waals surface area (Å²) in [6.07, 6.45) is 7.25. The van der Waals surface area contributed by atoms with Crippen molar-refractivity contribution in [2.24, 2.45) is 5.92 Å². The quantitative estimate of drug-likeness (QED) is 0.881. The third kappa shape index (κ3) is 3.24. The average molecular weight is 272 g/mol. The first-order valence-electron chi connectivity index (χ1n) is 8.39. The third-order valence-electron chi connectivity index (χ3n) is 5.11. The van der Waals surface area contributed by atoms with E-state index < -0.39 is 0 Å². The van der Waals surface area contributed by atoms with Crippen LogP contribution in [0.2, 0.25) is 0 Å². The Morgan fingerprint density at radius 1 is 1.05 bits per heavy atom. The molecule has 2 unspecified atom stereocenters. The Hall–Kier alpha value is -0.860. The normalized spacial score (nSPS) is 26.6. The molecule has 1 aliphatic heterocycles. The molecule has 1 N–H and O–H groups in total. The van der Waals surface area contributed by atoms with E-state index in [4.69, 9.17) is 0 Å². The second-order valence-electron chi connectivity index (χ2n) is 6.47. The van der Waals surface area contributed by atoms with E-state index in [0.29, 0.717) is 0 Å². The van der Waals surface area contributed by atoms with Crippen molar-refractivity contribution in [3.05, 3.63) is 35.4 Å². The smallest absolute Gasteiger partial charge is 0.0236 e. The van der Waals surface area contributed by atoms with Crippen molar-refractivity contribution in [1.82, 2.24) is 10.2 Å². The van der Waals surface area contributed by atoms with Crippen LogP contribution in [0.5, 0.6) is 0 Å². The Kier molecular flexibility index (Phi) is 4.74. The summed E-state index contributed by atoms with van der Waals surface area (Å²) in [5.41, 5.74) is 2.88. The SMILES string of the molecule is CCNCc1ccc(CN2CCC3CCCCC32)cc1. The van der Waals surface area contributed by atoms with Crippen LogP contribution in [0, 0.1) is 5.92 Å². The van der Waals surface area contributed by atoms with E-state index in [1.54, 1.807) is 0 Å². The zero-order valence-electron chi connectivity index (χ0n) is 12.8. The predicted molar refractivity (Wildman–Crippen MR) is 84.6 cm³/mol. The Bertz CT molecular complexity index is 412. The lowest BCUT2D eigenvalue weighted by molar-refractivity contribution is 0.176. The summed E-state index contributed by atoms with van der Waals surface area (Å²) >= 11 is 0. The molecule has 110 valence electrons. The summed E-state index contributed by atoms with van der Waals surface area (Å²) in [5.74, 6) is 0.997. The van der Waals surface area contributed by atoms with Gasteiger partial charge in [-0.1, -0.05) is 44.0 Å². The van der Waals surface area contributed by atoms with Gasteiger partial charge in [0, 0.05) is 19.1 Å². The molecule has 20 heavy (non-hydrogen) atoms. The molecule has 1 heterocycles. The van der Waals surface area contributed by atoms with E-state index in [9.17, 15) is 0 Å². The molecule has 1 saturated carbocycles. The zero-order chi connectivity index (χ0) is 13.8. The van der Waals surface area contributed by atoms with Gasteiger partial charge in [-0.15, -0.1) is 0 Å². The molecule has 0 amide bonds. The van der Waals surface area contributed by atoms with Crippen molar-refractivity contribution in [3.8, 4) is 0 Å². The Morgan fingerprint density at radius 2 is 1.80 bits per heavy atom. The van der Waals surface area contributed by atoms with Gasteiger partial charge in [-0.25, -0.2) is 0 Å². The highest BCUT2D eigenvalue weighted by atomic mass is 15.2. The van der Waals surface area contributed by atoms with E-state index in [1.807, 2.05) is 0 Å². The molecular formula is C18H28N2. The molecule has 0 aromatic heterocycles. The number of likely N-dealkylation sites (tertiary alicyclic amines) is 1. The van der Waals surface area contributed by atoms with Crippen LogP contribution in [0.15, 0.2) is 24.3 Å². The van der Waals surface area contributed by atoms with Crippen LogP contribution in [0.3, 0.4) is 0 Å². The number of fused-ring (bicyclic) bond motifs is 1. The molecule has 2 nitrogen and oxygen atoms in total. The molecule has 2 aliphatic rings. The molecule has 1 aromatic carbocycles. The van der Waals surface area contributed by atoms with Crippen molar-refractivity contribution in [2.75, 3.05) is 13.1 Å². The monoisotopic (exact) mass is 272 g/mol. The number of hydrogen-bond acceptors (Lipinski definition) is 2. The number of hydrogen-bond donors (Lipinski definition) is 1. The van der Waals surface area contributed by atoms with Crippen LogP contribution in [0.4, 0.5) is 0 Å². The highest BCUT2D eigenvalue weighted by molar-refractivity contribution is 5.22.